The van der Waals surface area contributed by atoms with Gasteiger partial charge in [0.05, 0.1) is 17.6 Å². The van der Waals surface area contributed by atoms with Crippen molar-refractivity contribution in [2.24, 2.45) is 5.73 Å². The van der Waals surface area contributed by atoms with Gasteiger partial charge in [0.1, 0.15) is 5.82 Å². The van der Waals surface area contributed by atoms with Gasteiger partial charge in [-0.3, -0.25) is 4.57 Å². The Morgan fingerprint density at radius 1 is 1.05 bits per heavy atom. The quantitative estimate of drug-likeness (QED) is 0.760. The van der Waals surface area contributed by atoms with Crippen LogP contribution in [-0.2, 0) is 6.54 Å². The minimum absolute atomic E-state index is 0.432. The normalized spacial score (nSPS) is 11.1. The van der Waals surface area contributed by atoms with E-state index >= 15 is 0 Å². The molecule has 1 aromatic heterocycles. The van der Waals surface area contributed by atoms with Crippen molar-refractivity contribution in [1.29, 1.82) is 0 Å². The lowest BCUT2D eigenvalue weighted by molar-refractivity contribution is 0.881. The number of imidazole rings is 1. The first kappa shape index (κ1) is 11.9. The van der Waals surface area contributed by atoms with Crippen LogP contribution in [0, 0.1) is 13.8 Å². The van der Waals surface area contributed by atoms with Gasteiger partial charge in [0, 0.05) is 5.69 Å². The molecule has 1 heterocycles. The smallest absolute Gasteiger partial charge is 0.128 e. The highest BCUT2D eigenvalue weighted by Gasteiger charge is 2.11. The summed E-state index contributed by atoms with van der Waals surface area (Å²) in [7, 11) is 0. The van der Waals surface area contributed by atoms with Crippen LogP contribution in [0.2, 0.25) is 0 Å². The van der Waals surface area contributed by atoms with E-state index in [2.05, 4.69) is 47.7 Å². The molecule has 2 aromatic carbocycles. The zero-order valence-corrected chi connectivity index (χ0v) is 11.2. The van der Waals surface area contributed by atoms with Gasteiger partial charge in [-0.05, 0) is 49.2 Å². The van der Waals surface area contributed by atoms with Gasteiger partial charge >= 0.3 is 0 Å². The molecule has 3 rings (SSSR count). The van der Waals surface area contributed by atoms with E-state index in [9.17, 15) is 0 Å². The summed E-state index contributed by atoms with van der Waals surface area (Å²) >= 11 is 0. The summed E-state index contributed by atoms with van der Waals surface area (Å²) in [6.45, 7) is 4.65. The largest absolute Gasteiger partial charge is 0.324 e. The predicted molar refractivity (Wildman–Crippen MR) is 78.4 cm³/mol. The van der Waals surface area contributed by atoms with Crippen molar-refractivity contribution in [3.8, 4) is 5.69 Å². The number of nitrogens with two attached hydrogens (primary N) is 1. The second-order valence-corrected chi connectivity index (χ2v) is 4.90. The van der Waals surface area contributed by atoms with Gasteiger partial charge in [-0.1, -0.05) is 18.2 Å². The molecule has 0 bridgehead atoms. The Balaban J connectivity index is 2.34. The van der Waals surface area contributed by atoms with Crippen molar-refractivity contribution in [2.45, 2.75) is 20.4 Å². The molecule has 0 spiro atoms. The fourth-order valence-electron chi connectivity index (χ4n) is 2.58. The van der Waals surface area contributed by atoms with Crippen LogP contribution in [-0.4, -0.2) is 9.55 Å². The van der Waals surface area contributed by atoms with Crippen molar-refractivity contribution in [3.63, 3.8) is 0 Å². The maximum absolute atomic E-state index is 5.84. The van der Waals surface area contributed by atoms with Gasteiger partial charge in [-0.15, -0.1) is 0 Å². The topological polar surface area (TPSA) is 43.8 Å². The number of fused-ring (bicyclic) bond motifs is 1. The minimum atomic E-state index is 0.432. The standard InChI is InChI=1S/C16H17N3/c1-11-7-12(2)9-13(8-11)19-15-6-4-3-5-14(15)18-16(19)10-17/h3-9H,10,17H2,1-2H3. The second kappa shape index (κ2) is 4.52. The number of hydrogen-bond acceptors (Lipinski definition) is 2. The molecule has 3 nitrogen and oxygen atoms in total. The van der Waals surface area contributed by atoms with Gasteiger partial charge in [-0.25, -0.2) is 4.98 Å². The molecule has 0 fully saturated rings. The highest BCUT2D eigenvalue weighted by atomic mass is 15.1. The van der Waals surface area contributed by atoms with Gasteiger partial charge in [0.15, 0.2) is 0 Å². The third-order valence-corrected chi connectivity index (χ3v) is 3.28. The Labute approximate surface area is 112 Å². The number of para-hydroxylation sites is 2. The Bertz CT molecular complexity index is 721. The van der Waals surface area contributed by atoms with E-state index < -0.39 is 0 Å². The molecule has 0 saturated heterocycles. The lowest BCUT2D eigenvalue weighted by Gasteiger charge is -2.10. The van der Waals surface area contributed by atoms with Gasteiger partial charge in [-0.2, -0.15) is 0 Å². The van der Waals surface area contributed by atoms with Crippen LogP contribution in [0.1, 0.15) is 17.0 Å². The zero-order chi connectivity index (χ0) is 13.4. The van der Waals surface area contributed by atoms with E-state index in [1.807, 2.05) is 18.2 Å². The Morgan fingerprint density at radius 3 is 2.42 bits per heavy atom. The van der Waals surface area contributed by atoms with E-state index in [1.165, 1.54) is 11.1 Å². The van der Waals surface area contributed by atoms with Crippen LogP contribution in [0.5, 0.6) is 0 Å². The lowest BCUT2D eigenvalue weighted by atomic mass is 10.1. The molecule has 19 heavy (non-hydrogen) atoms. The summed E-state index contributed by atoms with van der Waals surface area (Å²) in [4.78, 5) is 4.60. The van der Waals surface area contributed by atoms with Crippen molar-refractivity contribution in [3.05, 3.63) is 59.4 Å². The number of benzene rings is 2. The average molecular weight is 251 g/mol. The Kier molecular flexibility index (Phi) is 2.84. The first-order valence-electron chi connectivity index (χ1n) is 6.44. The molecule has 0 saturated carbocycles. The summed E-state index contributed by atoms with van der Waals surface area (Å²) in [6.07, 6.45) is 0. The molecule has 0 unspecified atom stereocenters. The average Bonchev–Trinajstić information content (AvgIpc) is 2.75. The summed E-state index contributed by atoms with van der Waals surface area (Å²) < 4.78 is 2.15. The molecular formula is C16H17N3. The minimum Gasteiger partial charge on any atom is -0.324 e. The third-order valence-electron chi connectivity index (χ3n) is 3.28. The molecule has 0 amide bonds. The lowest BCUT2D eigenvalue weighted by Crippen LogP contribution is -2.07. The van der Waals surface area contributed by atoms with Gasteiger partial charge in [0.25, 0.3) is 0 Å². The van der Waals surface area contributed by atoms with E-state index in [0.29, 0.717) is 6.54 Å². The number of rotatable bonds is 2. The van der Waals surface area contributed by atoms with E-state index in [-0.39, 0.29) is 0 Å². The van der Waals surface area contributed by atoms with Crippen molar-refractivity contribution >= 4 is 11.0 Å². The molecule has 0 aliphatic rings. The van der Waals surface area contributed by atoms with Crippen LogP contribution in [0.4, 0.5) is 0 Å². The number of aromatic nitrogens is 2. The van der Waals surface area contributed by atoms with Crippen LogP contribution < -0.4 is 5.73 Å². The molecule has 0 aliphatic heterocycles. The molecule has 0 radical (unpaired) electrons. The van der Waals surface area contributed by atoms with Crippen molar-refractivity contribution in [2.75, 3.05) is 0 Å². The molecule has 0 aliphatic carbocycles. The van der Waals surface area contributed by atoms with Gasteiger partial charge < -0.3 is 5.73 Å². The molecule has 3 heteroatoms. The van der Waals surface area contributed by atoms with E-state index in [1.54, 1.807) is 0 Å². The number of aryl methyl sites for hydroxylation is 2. The van der Waals surface area contributed by atoms with Crippen LogP contribution >= 0.6 is 0 Å². The molecular weight excluding hydrogens is 234 g/mol. The third kappa shape index (κ3) is 2.02. The van der Waals surface area contributed by atoms with Crippen LogP contribution in [0.3, 0.4) is 0 Å². The summed E-state index contributed by atoms with van der Waals surface area (Å²) in [5, 5.41) is 0. The number of hydrogen-bond donors (Lipinski definition) is 1. The first-order chi connectivity index (χ1) is 9.19. The molecule has 0 atom stereocenters. The fraction of sp³-hybridized carbons (Fsp3) is 0.188. The molecule has 96 valence electrons. The summed E-state index contributed by atoms with van der Waals surface area (Å²) in [6, 6.07) is 14.6. The maximum Gasteiger partial charge on any atom is 0.128 e. The highest BCUT2D eigenvalue weighted by Crippen LogP contribution is 2.23. The van der Waals surface area contributed by atoms with E-state index in [0.717, 1.165) is 22.5 Å². The molecule has 3 aromatic rings. The molecule has 2 N–H and O–H groups in total. The van der Waals surface area contributed by atoms with Crippen LogP contribution in [0.25, 0.3) is 16.7 Å². The Hall–Kier alpha value is -2.13. The number of nitrogens with zero attached hydrogens (tertiary/aromatic N) is 2. The maximum atomic E-state index is 5.84. The summed E-state index contributed by atoms with van der Waals surface area (Å²) in [5.41, 5.74) is 11.6. The van der Waals surface area contributed by atoms with Crippen molar-refractivity contribution in [1.82, 2.24) is 9.55 Å². The van der Waals surface area contributed by atoms with Crippen LogP contribution in [0.15, 0.2) is 42.5 Å². The predicted octanol–water partition coefficient (Wildman–Crippen LogP) is 3.10. The summed E-state index contributed by atoms with van der Waals surface area (Å²) in [5.74, 6) is 0.895. The highest BCUT2D eigenvalue weighted by molar-refractivity contribution is 5.78. The monoisotopic (exact) mass is 251 g/mol. The van der Waals surface area contributed by atoms with Gasteiger partial charge in [0.2, 0.25) is 0 Å². The zero-order valence-electron chi connectivity index (χ0n) is 11.2. The second-order valence-electron chi connectivity index (χ2n) is 4.90. The Morgan fingerprint density at radius 2 is 1.74 bits per heavy atom. The SMILES string of the molecule is Cc1cc(C)cc(-n2c(CN)nc3ccccc32)c1. The fourth-order valence-corrected chi connectivity index (χ4v) is 2.58. The van der Waals surface area contributed by atoms with Crippen molar-refractivity contribution < 1.29 is 0 Å². The van der Waals surface area contributed by atoms with E-state index in [4.69, 9.17) is 5.73 Å². The first-order valence-corrected chi connectivity index (χ1v) is 6.44.